The zero-order valence-corrected chi connectivity index (χ0v) is 17.5. The second-order valence-corrected chi connectivity index (χ2v) is 8.02. The Morgan fingerprint density at radius 1 is 1.21 bits per heavy atom. The number of likely N-dealkylation sites (tertiary alicyclic amines) is 1. The number of piperidine rings is 1. The van der Waals surface area contributed by atoms with Crippen molar-refractivity contribution in [3.8, 4) is 0 Å². The summed E-state index contributed by atoms with van der Waals surface area (Å²) in [5.41, 5.74) is 1.05. The fourth-order valence-corrected chi connectivity index (χ4v) is 4.01. The first-order valence-corrected chi connectivity index (χ1v) is 9.97. The molecule has 2 aliphatic rings. The average Bonchev–Trinajstić information content (AvgIpc) is 2.71. The summed E-state index contributed by atoms with van der Waals surface area (Å²) in [4.78, 5) is 38.1. The minimum absolute atomic E-state index is 0.0400. The summed E-state index contributed by atoms with van der Waals surface area (Å²) in [6, 6.07) is -0.0734. The van der Waals surface area contributed by atoms with Gasteiger partial charge in [-0.15, -0.1) is 0 Å². The Morgan fingerprint density at radius 3 is 2.61 bits per heavy atom. The van der Waals surface area contributed by atoms with Crippen molar-refractivity contribution >= 4 is 17.6 Å². The number of carbonyl (C=O) groups is 2. The highest BCUT2D eigenvalue weighted by atomic mass is 16.5. The third-order valence-corrected chi connectivity index (χ3v) is 5.83. The lowest BCUT2D eigenvalue weighted by molar-refractivity contribution is -0.152. The fourth-order valence-electron chi connectivity index (χ4n) is 4.01. The summed E-state index contributed by atoms with van der Waals surface area (Å²) < 4.78 is 5.35. The van der Waals surface area contributed by atoms with Crippen LogP contribution in [0.3, 0.4) is 0 Å². The lowest BCUT2D eigenvalue weighted by atomic mass is 9.99. The van der Waals surface area contributed by atoms with Crippen LogP contribution in [0.2, 0.25) is 0 Å². The Morgan fingerprint density at radius 2 is 1.96 bits per heavy atom. The quantitative estimate of drug-likeness (QED) is 0.846. The maximum atomic E-state index is 12.8. The van der Waals surface area contributed by atoms with Gasteiger partial charge in [0.2, 0.25) is 5.91 Å². The number of fused-ring (bicyclic) bond motifs is 1. The van der Waals surface area contributed by atoms with Crippen molar-refractivity contribution in [1.29, 1.82) is 0 Å². The van der Waals surface area contributed by atoms with Crippen LogP contribution in [0.4, 0.5) is 5.82 Å². The molecule has 0 radical (unpaired) electrons. The molecular weight excluding hydrogens is 358 g/mol. The third kappa shape index (κ3) is 3.83. The van der Waals surface area contributed by atoms with Crippen LogP contribution in [-0.4, -0.2) is 64.4 Å². The zero-order chi connectivity index (χ0) is 20.5. The molecule has 2 amide bonds. The van der Waals surface area contributed by atoms with Gasteiger partial charge >= 0.3 is 0 Å². The van der Waals surface area contributed by atoms with Gasteiger partial charge in [-0.25, -0.2) is 9.97 Å². The Hall–Kier alpha value is -2.22. The van der Waals surface area contributed by atoms with Crippen LogP contribution in [0.5, 0.6) is 0 Å². The molecule has 0 aromatic carbocycles. The summed E-state index contributed by atoms with van der Waals surface area (Å²) in [6.45, 7) is 6.98. The Labute approximate surface area is 166 Å². The van der Waals surface area contributed by atoms with Crippen LogP contribution in [-0.2, 0) is 27.3 Å². The van der Waals surface area contributed by atoms with E-state index >= 15 is 0 Å². The summed E-state index contributed by atoms with van der Waals surface area (Å²) in [7, 11) is 3.38. The number of rotatable bonds is 4. The van der Waals surface area contributed by atoms with E-state index in [1.807, 2.05) is 11.9 Å². The highest BCUT2D eigenvalue weighted by Crippen LogP contribution is 2.32. The lowest BCUT2D eigenvalue weighted by Crippen LogP contribution is -2.48. The number of ether oxygens (including phenoxy) is 1. The van der Waals surface area contributed by atoms with Crippen LogP contribution in [0.1, 0.15) is 63.2 Å². The molecular formula is C20H31N5O3. The standard InChI is InChI=1S/C20H31N5O3/c1-13(26)25-10-7-6-8-16(25)18-22-15-9-11-24(19(27)20(2,3)28-5)12-14(15)17(21-4)23-18/h16H,6-12H2,1-5H3,(H,21,22,23). The topological polar surface area (TPSA) is 87.7 Å². The monoisotopic (exact) mass is 389 g/mol. The van der Waals surface area contributed by atoms with Crippen molar-refractivity contribution in [2.24, 2.45) is 0 Å². The fraction of sp³-hybridized carbons (Fsp3) is 0.700. The molecule has 1 aromatic heterocycles. The van der Waals surface area contributed by atoms with Crippen molar-refractivity contribution in [2.75, 3.05) is 32.6 Å². The van der Waals surface area contributed by atoms with Gasteiger partial charge in [0.15, 0.2) is 5.82 Å². The number of aromatic nitrogens is 2. The molecule has 3 heterocycles. The number of hydrogen-bond acceptors (Lipinski definition) is 6. The molecule has 1 saturated heterocycles. The number of nitrogens with zero attached hydrogens (tertiary/aromatic N) is 4. The molecule has 2 aliphatic heterocycles. The molecule has 3 rings (SSSR count). The highest BCUT2D eigenvalue weighted by molar-refractivity contribution is 5.84. The summed E-state index contributed by atoms with van der Waals surface area (Å²) in [5.74, 6) is 1.47. The molecule has 0 saturated carbocycles. The van der Waals surface area contributed by atoms with Gasteiger partial charge in [0.1, 0.15) is 11.4 Å². The predicted molar refractivity (Wildman–Crippen MR) is 106 cm³/mol. The Bertz CT molecular complexity index is 747. The normalized spacial score (nSPS) is 20.0. The molecule has 0 aliphatic carbocycles. The number of hydrogen-bond donors (Lipinski definition) is 1. The van der Waals surface area contributed by atoms with Gasteiger partial charge in [0.05, 0.1) is 18.3 Å². The number of carbonyl (C=O) groups excluding carboxylic acids is 2. The average molecular weight is 390 g/mol. The highest BCUT2D eigenvalue weighted by Gasteiger charge is 2.36. The van der Waals surface area contributed by atoms with E-state index in [9.17, 15) is 9.59 Å². The van der Waals surface area contributed by atoms with E-state index in [2.05, 4.69) is 5.32 Å². The summed E-state index contributed by atoms with van der Waals surface area (Å²) >= 11 is 0. The molecule has 154 valence electrons. The summed E-state index contributed by atoms with van der Waals surface area (Å²) in [6.07, 6.45) is 3.64. The molecule has 8 heteroatoms. The van der Waals surface area contributed by atoms with Gasteiger partial charge in [0.25, 0.3) is 5.91 Å². The first-order valence-electron chi connectivity index (χ1n) is 9.97. The first-order chi connectivity index (χ1) is 13.3. The van der Waals surface area contributed by atoms with Crippen molar-refractivity contribution in [2.45, 2.75) is 64.6 Å². The van der Waals surface area contributed by atoms with Gasteiger partial charge in [0, 0.05) is 46.2 Å². The van der Waals surface area contributed by atoms with Crippen molar-refractivity contribution in [3.63, 3.8) is 0 Å². The van der Waals surface area contributed by atoms with Crippen LogP contribution >= 0.6 is 0 Å². The first kappa shape index (κ1) is 20.5. The van der Waals surface area contributed by atoms with E-state index in [-0.39, 0.29) is 17.9 Å². The lowest BCUT2D eigenvalue weighted by Gasteiger charge is -2.36. The van der Waals surface area contributed by atoms with Crippen molar-refractivity contribution < 1.29 is 14.3 Å². The molecule has 0 bridgehead atoms. The van der Waals surface area contributed by atoms with Crippen LogP contribution in [0, 0.1) is 0 Å². The van der Waals surface area contributed by atoms with Gasteiger partial charge in [-0.2, -0.15) is 0 Å². The van der Waals surface area contributed by atoms with E-state index < -0.39 is 5.60 Å². The van der Waals surface area contributed by atoms with Gasteiger partial charge < -0.3 is 19.9 Å². The smallest absolute Gasteiger partial charge is 0.254 e. The Kier molecular flexibility index (Phi) is 5.88. The molecule has 1 fully saturated rings. The maximum Gasteiger partial charge on any atom is 0.254 e. The van der Waals surface area contributed by atoms with E-state index in [1.165, 1.54) is 0 Å². The van der Waals surface area contributed by atoms with Gasteiger partial charge in [-0.1, -0.05) is 0 Å². The maximum absolute atomic E-state index is 12.8. The van der Waals surface area contributed by atoms with E-state index in [0.29, 0.717) is 25.3 Å². The van der Waals surface area contributed by atoms with Crippen LogP contribution in [0.25, 0.3) is 0 Å². The molecule has 8 nitrogen and oxygen atoms in total. The van der Waals surface area contributed by atoms with Crippen LogP contribution in [0.15, 0.2) is 0 Å². The minimum Gasteiger partial charge on any atom is -0.373 e. The van der Waals surface area contributed by atoms with Crippen molar-refractivity contribution in [3.05, 3.63) is 17.1 Å². The number of amides is 2. The second-order valence-electron chi connectivity index (χ2n) is 8.02. The largest absolute Gasteiger partial charge is 0.373 e. The van der Waals surface area contributed by atoms with Gasteiger partial charge in [-0.05, 0) is 33.1 Å². The Balaban J connectivity index is 1.91. The van der Waals surface area contributed by atoms with Crippen LogP contribution < -0.4 is 5.32 Å². The van der Waals surface area contributed by atoms with Gasteiger partial charge in [-0.3, -0.25) is 9.59 Å². The minimum atomic E-state index is -0.859. The van der Waals surface area contributed by atoms with Crippen molar-refractivity contribution in [1.82, 2.24) is 19.8 Å². The number of nitrogens with one attached hydrogen (secondary N) is 1. The molecule has 1 N–H and O–H groups in total. The number of methoxy groups -OCH3 is 1. The second kappa shape index (κ2) is 8.03. The molecule has 1 atom stereocenters. The zero-order valence-electron chi connectivity index (χ0n) is 17.5. The van der Waals surface area contributed by atoms with E-state index in [4.69, 9.17) is 14.7 Å². The molecule has 28 heavy (non-hydrogen) atoms. The SMILES string of the molecule is CNc1nc(C2CCCCN2C(C)=O)nc2c1CN(C(=O)C(C)(C)OC)CC2. The third-order valence-electron chi connectivity index (χ3n) is 5.83. The van der Waals surface area contributed by atoms with E-state index in [1.54, 1.807) is 32.8 Å². The van der Waals surface area contributed by atoms with E-state index in [0.717, 1.165) is 42.9 Å². The summed E-state index contributed by atoms with van der Waals surface area (Å²) in [5, 5.41) is 3.17. The molecule has 1 unspecified atom stereocenters. The molecule has 0 spiro atoms. The predicted octanol–water partition coefficient (Wildman–Crippen LogP) is 1.90. The molecule has 1 aromatic rings. The number of anilines is 1.